The summed E-state index contributed by atoms with van der Waals surface area (Å²) in [4.78, 5) is 11.7. The van der Waals surface area contributed by atoms with E-state index in [-0.39, 0.29) is 22.2 Å². The number of ether oxygens (including phenoxy) is 3. The van der Waals surface area contributed by atoms with Crippen LogP contribution in [0.1, 0.15) is 11.3 Å². The lowest BCUT2D eigenvalue weighted by Gasteiger charge is -2.13. The highest BCUT2D eigenvalue weighted by molar-refractivity contribution is 6.32. The lowest BCUT2D eigenvalue weighted by Crippen LogP contribution is -2.12. The number of methoxy groups -OCH3 is 2. The van der Waals surface area contributed by atoms with Gasteiger partial charge in [0, 0.05) is 12.3 Å². The molecule has 0 bridgehead atoms. The van der Waals surface area contributed by atoms with Crippen LogP contribution in [-0.4, -0.2) is 30.0 Å². The first-order valence-corrected chi connectivity index (χ1v) is 7.47. The van der Waals surface area contributed by atoms with Gasteiger partial charge in [-0.05, 0) is 24.6 Å². The van der Waals surface area contributed by atoms with E-state index >= 15 is 0 Å². The summed E-state index contributed by atoms with van der Waals surface area (Å²) in [5.41, 5.74) is -0.386. The molecule has 0 atom stereocenters. The van der Waals surface area contributed by atoms with Crippen LogP contribution in [0.5, 0.6) is 5.75 Å². The first-order chi connectivity index (χ1) is 12.2. The van der Waals surface area contributed by atoms with E-state index in [9.17, 15) is 18.0 Å². The van der Waals surface area contributed by atoms with Crippen LogP contribution in [0.15, 0.2) is 36.4 Å². The number of hydrogen-bond donors (Lipinski definition) is 0. The number of alkyl halides is 3. The lowest BCUT2D eigenvalue weighted by molar-refractivity contribution is -0.141. The van der Waals surface area contributed by atoms with Gasteiger partial charge in [-0.1, -0.05) is 11.6 Å². The highest BCUT2D eigenvalue weighted by Crippen LogP contribution is 2.32. The first-order valence-electron chi connectivity index (χ1n) is 7.10. The number of halogens is 4. The average molecular weight is 391 g/mol. The Bertz CT molecular complexity index is 847. The summed E-state index contributed by atoms with van der Waals surface area (Å²) >= 11 is 6.12. The smallest absolute Gasteiger partial charge is 0.435 e. The van der Waals surface area contributed by atoms with Crippen LogP contribution in [-0.2, 0) is 20.4 Å². The Kier molecular flexibility index (Phi) is 5.81. The van der Waals surface area contributed by atoms with Crippen molar-refractivity contribution in [3.05, 3.63) is 52.7 Å². The molecule has 10 heteroatoms. The van der Waals surface area contributed by atoms with Crippen LogP contribution in [0, 0.1) is 6.92 Å². The van der Waals surface area contributed by atoms with E-state index < -0.39 is 17.8 Å². The van der Waals surface area contributed by atoms with Crippen molar-refractivity contribution in [2.45, 2.75) is 13.1 Å². The number of nitrogens with zero attached hydrogens (tertiary/aromatic N) is 2. The molecule has 0 radical (unpaired) electrons. The van der Waals surface area contributed by atoms with Crippen LogP contribution in [0.25, 0.3) is 5.69 Å². The van der Waals surface area contributed by atoms with E-state index in [0.717, 1.165) is 30.3 Å². The Morgan fingerprint density at radius 3 is 2.54 bits per heavy atom. The average Bonchev–Trinajstić information content (AvgIpc) is 3.05. The molecule has 0 aliphatic heterocycles. The van der Waals surface area contributed by atoms with Gasteiger partial charge in [0.2, 0.25) is 5.76 Å². The van der Waals surface area contributed by atoms with Gasteiger partial charge in [0.05, 0.1) is 24.9 Å². The van der Waals surface area contributed by atoms with Gasteiger partial charge in [0.25, 0.3) is 0 Å². The van der Waals surface area contributed by atoms with Gasteiger partial charge < -0.3 is 14.2 Å². The normalized spacial score (nSPS) is 12.0. The maximum atomic E-state index is 12.7. The van der Waals surface area contributed by atoms with Crippen LogP contribution >= 0.6 is 11.6 Å². The van der Waals surface area contributed by atoms with Crippen molar-refractivity contribution in [1.29, 1.82) is 0 Å². The van der Waals surface area contributed by atoms with Gasteiger partial charge in [0.15, 0.2) is 5.69 Å². The van der Waals surface area contributed by atoms with Gasteiger partial charge in [0.1, 0.15) is 12.0 Å². The van der Waals surface area contributed by atoms with E-state index in [1.165, 1.54) is 19.2 Å². The molecule has 0 spiro atoms. The summed E-state index contributed by atoms with van der Waals surface area (Å²) in [6.45, 7) is 1.65. The van der Waals surface area contributed by atoms with E-state index in [4.69, 9.17) is 21.1 Å². The molecule has 0 amide bonds. The van der Waals surface area contributed by atoms with Crippen molar-refractivity contribution < 1.29 is 32.2 Å². The van der Waals surface area contributed by atoms with Crippen molar-refractivity contribution >= 4 is 17.6 Å². The fraction of sp³-hybridized carbons (Fsp3) is 0.250. The molecule has 0 aliphatic carbocycles. The van der Waals surface area contributed by atoms with Crippen LogP contribution in [0.3, 0.4) is 0 Å². The molecule has 0 saturated carbocycles. The third kappa shape index (κ3) is 4.29. The van der Waals surface area contributed by atoms with Crippen molar-refractivity contribution in [1.82, 2.24) is 9.78 Å². The number of rotatable bonds is 5. The fourth-order valence-electron chi connectivity index (χ4n) is 1.98. The topological polar surface area (TPSA) is 62.6 Å². The molecule has 1 heterocycles. The van der Waals surface area contributed by atoms with Gasteiger partial charge in [-0.3, -0.25) is 0 Å². The molecule has 140 valence electrons. The number of carbonyl (C=O) groups excluding carboxylic acids is 1. The molecule has 1 aromatic heterocycles. The highest BCUT2D eigenvalue weighted by atomic mass is 35.5. The van der Waals surface area contributed by atoms with Crippen molar-refractivity contribution in [2.75, 3.05) is 14.2 Å². The van der Waals surface area contributed by atoms with E-state index in [1.54, 1.807) is 6.92 Å². The maximum absolute atomic E-state index is 12.7. The van der Waals surface area contributed by atoms with Gasteiger partial charge in [-0.15, -0.1) is 0 Å². The van der Waals surface area contributed by atoms with Crippen LogP contribution < -0.4 is 4.74 Å². The minimum Gasteiger partial charge on any atom is -0.500 e. The molecule has 26 heavy (non-hydrogen) atoms. The van der Waals surface area contributed by atoms with Gasteiger partial charge in [-0.2, -0.15) is 18.3 Å². The SMILES string of the molecule is CO/C=C(\Oc1cc(-n2ccc(C(F)(F)F)n2)c(Cl)cc1C)C(=O)OC. The summed E-state index contributed by atoms with van der Waals surface area (Å²) in [5, 5.41) is 3.63. The Morgan fingerprint density at radius 1 is 1.31 bits per heavy atom. The van der Waals surface area contributed by atoms with Crippen molar-refractivity contribution in [2.24, 2.45) is 0 Å². The zero-order chi connectivity index (χ0) is 19.5. The van der Waals surface area contributed by atoms with E-state index in [2.05, 4.69) is 9.84 Å². The number of aromatic nitrogens is 2. The van der Waals surface area contributed by atoms with Gasteiger partial charge in [-0.25, -0.2) is 9.48 Å². The fourth-order valence-corrected chi connectivity index (χ4v) is 2.28. The molecule has 0 fully saturated rings. The van der Waals surface area contributed by atoms with Crippen LogP contribution in [0.4, 0.5) is 13.2 Å². The predicted molar refractivity (Wildman–Crippen MR) is 86.0 cm³/mol. The minimum absolute atomic E-state index is 0.143. The quantitative estimate of drug-likeness (QED) is 0.440. The zero-order valence-corrected chi connectivity index (χ0v) is 14.7. The summed E-state index contributed by atoms with van der Waals surface area (Å²) in [5.74, 6) is -0.869. The molecule has 0 aliphatic rings. The standard InChI is InChI=1S/C16H14ClF3N2O4/c1-9-6-10(17)11(22-5-4-14(21-22)16(18,19)20)7-12(9)26-13(8-24-2)15(23)25-3/h4-8H,1-3H3/b13-8-. The Morgan fingerprint density at radius 2 is 2.00 bits per heavy atom. The van der Waals surface area contributed by atoms with Gasteiger partial charge >= 0.3 is 12.1 Å². The summed E-state index contributed by atoms with van der Waals surface area (Å²) in [6, 6.07) is 3.65. The number of aryl methyl sites for hydroxylation is 1. The summed E-state index contributed by atoms with van der Waals surface area (Å²) in [7, 11) is 2.48. The lowest BCUT2D eigenvalue weighted by atomic mass is 10.2. The number of esters is 1. The van der Waals surface area contributed by atoms with Crippen LogP contribution in [0.2, 0.25) is 5.02 Å². The summed E-state index contributed by atoms with van der Waals surface area (Å²) < 4.78 is 54.0. The molecule has 1 aromatic carbocycles. The van der Waals surface area contributed by atoms with E-state index in [0.29, 0.717) is 5.56 Å². The van der Waals surface area contributed by atoms with Crippen molar-refractivity contribution in [3.63, 3.8) is 0 Å². The highest BCUT2D eigenvalue weighted by Gasteiger charge is 2.33. The Balaban J connectivity index is 2.45. The van der Waals surface area contributed by atoms with Crippen molar-refractivity contribution in [3.8, 4) is 11.4 Å². The molecule has 0 unspecified atom stereocenters. The third-order valence-corrected chi connectivity index (χ3v) is 3.50. The zero-order valence-electron chi connectivity index (χ0n) is 13.9. The summed E-state index contributed by atoms with van der Waals surface area (Å²) in [6.07, 6.45) is -2.43. The molecule has 0 saturated heterocycles. The second-order valence-electron chi connectivity index (χ2n) is 5.02. The maximum Gasteiger partial charge on any atom is 0.435 e. The predicted octanol–water partition coefficient (Wildman–Crippen LogP) is 3.89. The monoisotopic (exact) mass is 390 g/mol. The molecule has 2 rings (SSSR count). The Hall–Kier alpha value is -2.68. The minimum atomic E-state index is -4.58. The number of benzene rings is 1. The molecule has 2 aromatic rings. The molecular weight excluding hydrogens is 377 g/mol. The molecule has 0 N–H and O–H groups in total. The molecule has 6 nitrogen and oxygen atoms in total. The molecular formula is C16H14ClF3N2O4. The largest absolute Gasteiger partial charge is 0.500 e. The number of hydrogen-bond acceptors (Lipinski definition) is 5. The second kappa shape index (κ2) is 7.69. The number of carbonyl (C=O) groups is 1. The first kappa shape index (κ1) is 19.6. The second-order valence-corrected chi connectivity index (χ2v) is 5.43. The third-order valence-electron chi connectivity index (χ3n) is 3.20. The Labute approximate surface area is 151 Å². The van der Waals surface area contributed by atoms with E-state index in [1.807, 2.05) is 0 Å².